The number of aryl methyl sites for hydroxylation is 2. The highest BCUT2D eigenvalue weighted by Crippen LogP contribution is 2.42. The highest BCUT2D eigenvalue weighted by Gasteiger charge is 2.23. The number of hydrogen-bond donors (Lipinski definition) is 1. The van der Waals surface area contributed by atoms with Gasteiger partial charge in [-0.1, -0.05) is 12.6 Å². The highest BCUT2D eigenvalue weighted by molar-refractivity contribution is 5.99. The second-order valence-corrected chi connectivity index (χ2v) is 7.66. The van der Waals surface area contributed by atoms with Gasteiger partial charge in [0.1, 0.15) is 11.5 Å². The topological polar surface area (TPSA) is 69.6 Å². The lowest BCUT2D eigenvalue weighted by Crippen LogP contribution is -2.25. The van der Waals surface area contributed by atoms with Gasteiger partial charge in [0, 0.05) is 30.1 Å². The number of carbonyl (C=O) groups excluding carboxylic acids is 1. The summed E-state index contributed by atoms with van der Waals surface area (Å²) in [6.45, 7) is 5.75. The second kappa shape index (κ2) is 8.70. The molecule has 0 fully saturated rings. The predicted octanol–water partition coefficient (Wildman–Crippen LogP) is 4.74. The van der Waals surface area contributed by atoms with Crippen molar-refractivity contribution >= 4 is 11.6 Å². The van der Waals surface area contributed by atoms with E-state index in [4.69, 9.17) is 9.47 Å². The summed E-state index contributed by atoms with van der Waals surface area (Å²) in [6, 6.07) is 9.73. The molecule has 0 radical (unpaired) electrons. The van der Waals surface area contributed by atoms with E-state index >= 15 is 0 Å². The van der Waals surface area contributed by atoms with Crippen LogP contribution >= 0.6 is 0 Å². The van der Waals surface area contributed by atoms with Gasteiger partial charge in [0.15, 0.2) is 11.6 Å². The molecular formula is C25H23FN2O4. The zero-order valence-corrected chi connectivity index (χ0v) is 17.9. The number of amides is 1. The van der Waals surface area contributed by atoms with Crippen molar-refractivity contribution in [2.75, 3.05) is 11.9 Å². The zero-order valence-electron chi connectivity index (χ0n) is 17.9. The number of aromatic nitrogens is 1. The van der Waals surface area contributed by atoms with Crippen LogP contribution in [0, 0.1) is 12.7 Å². The number of nitrogens with zero attached hydrogens (tertiary/aromatic N) is 1. The summed E-state index contributed by atoms with van der Waals surface area (Å²) in [5, 5.41) is 2.72. The first-order valence-electron chi connectivity index (χ1n) is 10.2. The molecule has 0 spiro atoms. The molecule has 4 rings (SSSR count). The summed E-state index contributed by atoms with van der Waals surface area (Å²) in [6.07, 6.45) is 4.19. The highest BCUT2D eigenvalue weighted by atomic mass is 19.1. The average molecular weight is 434 g/mol. The first-order valence-corrected chi connectivity index (χ1v) is 10.2. The molecule has 32 heavy (non-hydrogen) atoms. The van der Waals surface area contributed by atoms with Gasteiger partial charge in [0.25, 0.3) is 5.56 Å². The number of pyridine rings is 1. The maximum Gasteiger partial charge on any atom is 0.257 e. The van der Waals surface area contributed by atoms with Crippen molar-refractivity contribution in [3.05, 3.63) is 82.5 Å². The van der Waals surface area contributed by atoms with E-state index in [9.17, 15) is 14.0 Å². The van der Waals surface area contributed by atoms with E-state index in [0.29, 0.717) is 46.9 Å². The van der Waals surface area contributed by atoms with Gasteiger partial charge in [-0.05, 0) is 61.7 Å². The van der Waals surface area contributed by atoms with E-state index in [2.05, 4.69) is 11.9 Å². The standard InChI is InChI=1S/C25H23FN2O4/c1-4-23(29)27-16-8-10-21(32-22-9-7-15(2)12-20(22)26)18(13-16)19-14-28(3)25(30)17-6-5-11-31-24(17)19/h4,7-10,12-14H,1,5-6,11H2,2-3H3,(H,27,29). The van der Waals surface area contributed by atoms with Crippen LogP contribution in [0.2, 0.25) is 0 Å². The molecular weight excluding hydrogens is 411 g/mol. The summed E-state index contributed by atoms with van der Waals surface area (Å²) in [7, 11) is 1.67. The summed E-state index contributed by atoms with van der Waals surface area (Å²) in [4.78, 5) is 24.5. The fourth-order valence-corrected chi connectivity index (χ4v) is 3.69. The number of halogens is 1. The molecule has 0 aliphatic carbocycles. The molecule has 1 amide bonds. The van der Waals surface area contributed by atoms with Gasteiger partial charge in [-0.15, -0.1) is 0 Å². The summed E-state index contributed by atoms with van der Waals surface area (Å²) >= 11 is 0. The third kappa shape index (κ3) is 4.14. The Labute approximate surface area is 184 Å². The van der Waals surface area contributed by atoms with Crippen LogP contribution < -0.4 is 20.3 Å². The molecule has 2 aromatic carbocycles. The molecule has 0 bridgehead atoms. The minimum Gasteiger partial charge on any atom is -0.492 e. The van der Waals surface area contributed by atoms with Crippen LogP contribution in [0.4, 0.5) is 10.1 Å². The van der Waals surface area contributed by atoms with Gasteiger partial charge < -0.3 is 19.4 Å². The summed E-state index contributed by atoms with van der Waals surface area (Å²) < 4.78 is 27.8. The van der Waals surface area contributed by atoms with Crippen LogP contribution in [0.3, 0.4) is 0 Å². The molecule has 6 nitrogen and oxygen atoms in total. The first kappa shape index (κ1) is 21.4. The van der Waals surface area contributed by atoms with Crippen molar-refractivity contribution < 1.29 is 18.7 Å². The Hall–Kier alpha value is -3.87. The lowest BCUT2D eigenvalue weighted by molar-refractivity contribution is -0.111. The molecule has 1 aliphatic rings. The van der Waals surface area contributed by atoms with Crippen molar-refractivity contribution in [1.29, 1.82) is 0 Å². The summed E-state index contributed by atoms with van der Waals surface area (Å²) in [5.41, 5.74) is 2.92. The number of rotatable bonds is 5. The van der Waals surface area contributed by atoms with E-state index in [1.165, 1.54) is 16.7 Å². The van der Waals surface area contributed by atoms with E-state index in [1.807, 2.05) is 0 Å². The average Bonchev–Trinajstić information content (AvgIpc) is 2.79. The van der Waals surface area contributed by atoms with Crippen molar-refractivity contribution in [2.24, 2.45) is 7.05 Å². The van der Waals surface area contributed by atoms with E-state index in [1.54, 1.807) is 50.5 Å². The molecule has 1 N–H and O–H groups in total. The van der Waals surface area contributed by atoms with Crippen molar-refractivity contribution in [3.63, 3.8) is 0 Å². The molecule has 3 aromatic rings. The van der Waals surface area contributed by atoms with Gasteiger partial charge in [0.2, 0.25) is 5.91 Å². The monoisotopic (exact) mass is 434 g/mol. The normalized spacial score (nSPS) is 12.5. The Balaban J connectivity index is 1.89. The Morgan fingerprint density at radius 2 is 2.00 bits per heavy atom. The number of ether oxygens (including phenoxy) is 2. The van der Waals surface area contributed by atoms with Crippen molar-refractivity contribution in [2.45, 2.75) is 19.8 Å². The molecule has 0 saturated carbocycles. The molecule has 0 saturated heterocycles. The van der Waals surface area contributed by atoms with Crippen LogP contribution in [0.15, 0.2) is 60.0 Å². The zero-order chi connectivity index (χ0) is 22.8. The van der Waals surface area contributed by atoms with E-state index in [-0.39, 0.29) is 17.2 Å². The molecule has 0 atom stereocenters. The third-order valence-corrected chi connectivity index (χ3v) is 5.27. The smallest absolute Gasteiger partial charge is 0.257 e. The molecule has 164 valence electrons. The Kier molecular flexibility index (Phi) is 5.81. The van der Waals surface area contributed by atoms with Gasteiger partial charge >= 0.3 is 0 Å². The van der Waals surface area contributed by atoms with E-state index in [0.717, 1.165) is 12.0 Å². The molecule has 7 heteroatoms. The van der Waals surface area contributed by atoms with E-state index < -0.39 is 5.82 Å². The Morgan fingerprint density at radius 1 is 1.22 bits per heavy atom. The van der Waals surface area contributed by atoms with Crippen LogP contribution in [-0.4, -0.2) is 17.1 Å². The second-order valence-electron chi connectivity index (χ2n) is 7.66. The van der Waals surface area contributed by atoms with Crippen molar-refractivity contribution in [3.8, 4) is 28.4 Å². The van der Waals surface area contributed by atoms with Gasteiger partial charge in [-0.3, -0.25) is 9.59 Å². The lowest BCUT2D eigenvalue weighted by Gasteiger charge is -2.22. The number of anilines is 1. The quantitative estimate of drug-likeness (QED) is 0.589. The minimum atomic E-state index is -0.487. The SMILES string of the molecule is C=CC(=O)Nc1ccc(Oc2ccc(C)cc2F)c(-c2cn(C)c(=O)c3c2OCCC3)c1. The lowest BCUT2D eigenvalue weighted by atomic mass is 9.98. The first-order chi connectivity index (χ1) is 15.4. The number of hydrogen-bond acceptors (Lipinski definition) is 4. The maximum absolute atomic E-state index is 14.5. The Bertz CT molecular complexity index is 1280. The van der Waals surface area contributed by atoms with Gasteiger partial charge in [-0.25, -0.2) is 4.39 Å². The minimum absolute atomic E-state index is 0.0688. The fraction of sp³-hybridized carbons (Fsp3) is 0.200. The van der Waals surface area contributed by atoms with Crippen LogP contribution in [0.1, 0.15) is 17.5 Å². The Morgan fingerprint density at radius 3 is 2.75 bits per heavy atom. The number of nitrogens with one attached hydrogen (secondary N) is 1. The molecule has 1 aliphatic heterocycles. The van der Waals surface area contributed by atoms with Gasteiger partial charge in [0.05, 0.1) is 12.2 Å². The van der Waals surface area contributed by atoms with Crippen LogP contribution in [-0.2, 0) is 18.3 Å². The third-order valence-electron chi connectivity index (χ3n) is 5.27. The van der Waals surface area contributed by atoms with Crippen molar-refractivity contribution in [1.82, 2.24) is 4.57 Å². The maximum atomic E-state index is 14.5. The molecule has 2 heterocycles. The molecule has 1 aromatic heterocycles. The summed E-state index contributed by atoms with van der Waals surface area (Å²) in [5.74, 6) is 0.0613. The number of carbonyl (C=O) groups is 1. The number of fused-ring (bicyclic) bond motifs is 1. The predicted molar refractivity (Wildman–Crippen MR) is 121 cm³/mol. The molecule has 0 unspecified atom stereocenters. The van der Waals surface area contributed by atoms with Crippen LogP contribution in [0.5, 0.6) is 17.2 Å². The number of benzene rings is 2. The van der Waals surface area contributed by atoms with Gasteiger partial charge in [-0.2, -0.15) is 0 Å². The van der Waals surface area contributed by atoms with Crippen LogP contribution in [0.25, 0.3) is 11.1 Å². The fourth-order valence-electron chi connectivity index (χ4n) is 3.69. The largest absolute Gasteiger partial charge is 0.492 e.